The van der Waals surface area contributed by atoms with Gasteiger partial charge in [-0.15, -0.1) is 0 Å². The zero-order valence-electron chi connectivity index (χ0n) is 18.1. The van der Waals surface area contributed by atoms with Gasteiger partial charge in [-0.05, 0) is 30.2 Å². The smallest absolute Gasteiger partial charge is 0.251 e. The summed E-state index contributed by atoms with van der Waals surface area (Å²) in [5.74, 6) is -0.369. The van der Waals surface area contributed by atoms with Crippen LogP contribution in [0.15, 0.2) is 42.5 Å². The first-order chi connectivity index (χ1) is 15.1. The fraction of sp³-hybridized carbons (Fsp3) is 0.417. The largest absolute Gasteiger partial charge is 0.379 e. The third kappa shape index (κ3) is 4.73. The highest BCUT2D eigenvalue weighted by Crippen LogP contribution is 2.26. The minimum atomic E-state index is -0.586. The van der Waals surface area contributed by atoms with E-state index in [1.54, 1.807) is 6.07 Å². The van der Waals surface area contributed by atoms with E-state index in [1.165, 1.54) is 0 Å². The Hall–Kier alpha value is -2.90. The van der Waals surface area contributed by atoms with Crippen molar-refractivity contribution in [2.45, 2.75) is 26.3 Å². The van der Waals surface area contributed by atoms with Crippen molar-refractivity contribution in [1.82, 2.24) is 20.5 Å². The molecule has 164 valence electrons. The van der Waals surface area contributed by atoms with Crippen LogP contribution in [0.4, 0.5) is 0 Å². The first-order valence-electron chi connectivity index (χ1n) is 11.0. The van der Waals surface area contributed by atoms with Crippen molar-refractivity contribution in [1.29, 1.82) is 0 Å². The summed E-state index contributed by atoms with van der Waals surface area (Å²) in [5, 5.41) is 8.04. The van der Waals surface area contributed by atoms with Crippen LogP contribution >= 0.6 is 0 Å². The number of morpholine rings is 1. The van der Waals surface area contributed by atoms with Crippen molar-refractivity contribution in [2.75, 3.05) is 33.0 Å². The molecule has 0 aliphatic carbocycles. The molecule has 0 spiro atoms. The predicted molar refractivity (Wildman–Crippen MR) is 122 cm³/mol. The standard InChI is InChI=1S/C24H30N4O3/c1-3-16(2)22(24(30)25-15-28-10-12-31-13-11-28)27-23(29)17-8-9-21-19(14-17)18-6-4-5-7-20(18)26-21/h4-9,14,16,22,26H,3,10-13,15H2,1-2H3,(H,25,30)(H,27,29)/t16-,22?/m0/s1. The van der Waals surface area contributed by atoms with Crippen LogP contribution < -0.4 is 10.6 Å². The van der Waals surface area contributed by atoms with Crippen molar-refractivity contribution in [2.24, 2.45) is 5.92 Å². The van der Waals surface area contributed by atoms with Gasteiger partial charge in [0.25, 0.3) is 5.91 Å². The molecular formula is C24H30N4O3. The van der Waals surface area contributed by atoms with Crippen molar-refractivity contribution >= 4 is 33.6 Å². The van der Waals surface area contributed by atoms with Crippen LogP contribution in [0.25, 0.3) is 21.8 Å². The van der Waals surface area contributed by atoms with Gasteiger partial charge in [-0.25, -0.2) is 0 Å². The summed E-state index contributed by atoms with van der Waals surface area (Å²) in [7, 11) is 0. The molecule has 1 saturated heterocycles. The fourth-order valence-electron chi connectivity index (χ4n) is 3.97. The van der Waals surface area contributed by atoms with E-state index < -0.39 is 6.04 Å². The Kier molecular flexibility index (Phi) is 6.53. The highest BCUT2D eigenvalue weighted by atomic mass is 16.5. The summed E-state index contributed by atoms with van der Waals surface area (Å²) in [5.41, 5.74) is 2.57. The van der Waals surface area contributed by atoms with E-state index in [2.05, 4.69) is 20.5 Å². The molecule has 2 heterocycles. The van der Waals surface area contributed by atoms with Gasteiger partial charge < -0.3 is 20.4 Å². The van der Waals surface area contributed by atoms with E-state index in [1.807, 2.05) is 50.2 Å². The molecule has 4 rings (SSSR count). The van der Waals surface area contributed by atoms with Crippen molar-refractivity contribution in [3.63, 3.8) is 0 Å². The van der Waals surface area contributed by atoms with Gasteiger partial charge in [-0.3, -0.25) is 14.5 Å². The monoisotopic (exact) mass is 422 g/mol. The molecule has 2 amide bonds. The van der Waals surface area contributed by atoms with Crippen molar-refractivity contribution in [3.8, 4) is 0 Å². The lowest BCUT2D eigenvalue weighted by Gasteiger charge is -2.29. The Morgan fingerprint density at radius 1 is 1.10 bits per heavy atom. The fourth-order valence-corrected chi connectivity index (χ4v) is 3.97. The number of rotatable bonds is 7. The molecule has 0 bridgehead atoms. The summed E-state index contributed by atoms with van der Waals surface area (Å²) in [6.07, 6.45) is 0.789. The van der Waals surface area contributed by atoms with Crippen molar-refractivity contribution in [3.05, 3.63) is 48.0 Å². The van der Waals surface area contributed by atoms with E-state index in [9.17, 15) is 9.59 Å². The number of benzene rings is 2. The second-order valence-electron chi connectivity index (χ2n) is 8.20. The van der Waals surface area contributed by atoms with Gasteiger partial charge in [-0.1, -0.05) is 38.5 Å². The minimum Gasteiger partial charge on any atom is -0.379 e. The summed E-state index contributed by atoms with van der Waals surface area (Å²) < 4.78 is 5.35. The number of aromatic nitrogens is 1. The second-order valence-corrected chi connectivity index (χ2v) is 8.20. The Morgan fingerprint density at radius 2 is 1.84 bits per heavy atom. The average molecular weight is 423 g/mol. The maximum Gasteiger partial charge on any atom is 0.251 e. The van der Waals surface area contributed by atoms with Crippen LogP contribution in [-0.4, -0.2) is 60.7 Å². The molecule has 1 aliphatic rings. The Balaban J connectivity index is 1.49. The number of nitrogens with zero attached hydrogens (tertiary/aromatic N) is 1. The van der Waals surface area contributed by atoms with Crippen LogP contribution in [0.5, 0.6) is 0 Å². The third-order valence-electron chi connectivity index (χ3n) is 6.13. The lowest BCUT2D eigenvalue weighted by Crippen LogP contribution is -2.53. The van der Waals surface area contributed by atoms with Gasteiger partial charge >= 0.3 is 0 Å². The number of carbonyl (C=O) groups excluding carboxylic acids is 2. The topological polar surface area (TPSA) is 86.5 Å². The number of carbonyl (C=O) groups is 2. The highest BCUT2D eigenvalue weighted by molar-refractivity contribution is 6.10. The number of para-hydroxylation sites is 1. The highest BCUT2D eigenvalue weighted by Gasteiger charge is 2.27. The molecule has 7 nitrogen and oxygen atoms in total. The number of hydrogen-bond acceptors (Lipinski definition) is 4. The minimum absolute atomic E-state index is 0.0189. The van der Waals surface area contributed by atoms with Gasteiger partial charge in [0.15, 0.2) is 0 Å². The molecule has 1 aliphatic heterocycles. The van der Waals surface area contributed by atoms with Crippen molar-refractivity contribution < 1.29 is 14.3 Å². The molecule has 1 aromatic heterocycles. The maximum absolute atomic E-state index is 13.1. The second kappa shape index (κ2) is 9.49. The molecule has 3 aromatic rings. The first-order valence-corrected chi connectivity index (χ1v) is 11.0. The molecule has 3 N–H and O–H groups in total. The number of aromatic amines is 1. The van der Waals surface area contributed by atoms with Gasteiger partial charge in [0.05, 0.1) is 19.9 Å². The van der Waals surface area contributed by atoms with Gasteiger partial charge in [0.1, 0.15) is 6.04 Å². The SMILES string of the molecule is CC[C@H](C)C(NC(=O)c1ccc2[nH]c3ccccc3c2c1)C(=O)NCN1CCOCC1. The molecule has 7 heteroatoms. The van der Waals surface area contributed by atoms with E-state index in [0.717, 1.165) is 41.3 Å². The number of ether oxygens (including phenoxy) is 1. The van der Waals surface area contributed by atoms with Gasteiger partial charge in [0.2, 0.25) is 5.91 Å². The average Bonchev–Trinajstić information content (AvgIpc) is 3.19. The van der Waals surface area contributed by atoms with Gasteiger partial charge in [-0.2, -0.15) is 0 Å². The number of fused-ring (bicyclic) bond motifs is 3. The van der Waals surface area contributed by atoms with E-state index in [4.69, 9.17) is 4.74 Å². The van der Waals surface area contributed by atoms with E-state index in [0.29, 0.717) is 25.4 Å². The van der Waals surface area contributed by atoms with Crippen LogP contribution in [0.2, 0.25) is 0 Å². The molecule has 2 aromatic carbocycles. The summed E-state index contributed by atoms with van der Waals surface area (Å²) in [6.45, 7) is 7.43. The summed E-state index contributed by atoms with van der Waals surface area (Å²) in [6, 6.07) is 13.1. The summed E-state index contributed by atoms with van der Waals surface area (Å²) in [4.78, 5) is 31.5. The summed E-state index contributed by atoms with van der Waals surface area (Å²) >= 11 is 0. The molecule has 1 unspecified atom stereocenters. The quantitative estimate of drug-likeness (QED) is 0.547. The molecule has 31 heavy (non-hydrogen) atoms. The molecular weight excluding hydrogens is 392 g/mol. The molecule has 2 atom stereocenters. The van der Waals surface area contributed by atoms with Crippen LogP contribution in [-0.2, 0) is 9.53 Å². The lowest BCUT2D eigenvalue weighted by atomic mass is 9.97. The lowest BCUT2D eigenvalue weighted by molar-refractivity contribution is -0.125. The number of hydrogen-bond donors (Lipinski definition) is 3. The molecule has 0 saturated carbocycles. The van der Waals surface area contributed by atoms with Crippen LogP contribution in [0.1, 0.15) is 30.6 Å². The van der Waals surface area contributed by atoms with Crippen LogP contribution in [0.3, 0.4) is 0 Å². The maximum atomic E-state index is 13.1. The Morgan fingerprint density at radius 3 is 2.61 bits per heavy atom. The first kappa shape index (κ1) is 21.3. The molecule has 1 fully saturated rings. The predicted octanol–water partition coefficient (Wildman–Crippen LogP) is 2.87. The zero-order chi connectivity index (χ0) is 21.8. The van der Waals surface area contributed by atoms with E-state index >= 15 is 0 Å². The number of H-pyrrole nitrogens is 1. The Labute approximate surface area is 182 Å². The number of amides is 2. The molecule has 0 radical (unpaired) electrons. The number of nitrogens with one attached hydrogen (secondary N) is 3. The third-order valence-corrected chi connectivity index (χ3v) is 6.13. The van der Waals surface area contributed by atoms with E-state index in [-0.39, 0.29) is 17.7 Å². The Bertz CT molecular complexity index is 1070. The van der Waals surface area contributed by atoms with Gasteiger partial charge in [0, 0.05) is 40.5 Å². The normalized spacial score (nSPS) is 16.8. The zero-order valence-corrected chi connectivity index (χ0v) is 18.1. The van der Waals surface area contributed by atoms with Crippen LogP contribution in [0, 0.1) is 5.92 Å².